The van der Waals surface area contributed by atoms with Crippen LogP contribution in [0.15, 0.2) is 16.7 Å². The van der Waals surface area contributed by atoms with Gasteiger partial charge in [-0.05, 0) is 12.6 Å². The molecule has 0 saturated heterocycles. The minimum absolute atomic E-state index is 0.715. The molecule has 0 aliphatic rings. The smallest absolute Gasteiger partial charge is 0.122 e. The van der Waals surface area contributed by atoms with Crippen molar-refractivity contribution < 1.29 is 13.9 Å². The lowest BCUT2D eigenvalue weighted by atomic mass is 10.2. The maximum atomic E-state index is 5.59. The Morgan fingerprint density at radius 2 is 1.89 bits per heavy atom. The highest BCUT2D eigenvalue weighted by Gasteiger charge is 2.11. The van der Waals surface area contributed by atoms with Crippen molar-refractivity contribution in [3.8, 4) is 0 Å². The number of hydrogen-bond acceptors (Lipinski definition) is 5. The van der Waals surface area contributed by atoms with Crippen LogP contribution in [0.4, 0.5) is 0 Å². The monoisotopic (exact) mass is 270 g/mol. The van der Waals surface area contributed by atoms with E-state index in [-0.39, 0.29) is 0 Å². The molecule has 0 aliphatic carbocycles. The van der Waals surface area contributed by atoms with E-state index in [0.29, 0.717) is 13.2 Å². The standard InChI is InChI=1S/C14H26N2O3/c1-4-15-11-13-5-8-19-14(13)12-16(6-9-17-2)7-10-18-3/h5,8,15H,4,6-7,9-12H2,1-3H3. The van der Waals surface area contributed by atoms with Gasteiger partial charge in [0.05, 0.1) is 26.0 Å². The molecule has 0 spiro atoms. The van der Waals surface area contributed by atoms with Crippen molar-refractivity contribution in [2.24, 2.45) is 0 Å². The summed E-state index contributed by atoms with van der Waals surface area (Å²) in [7, 11) is 3.44. The number of rotatable bonds is 11. The van der Waals surface area contributed by atoms with E-state index in [1.807, 2.05) is 6.07 Å². The Bertz CT molecular complexity index is 320. The molecule has 1 aromatic heterocycles. The highest BCUT2D eigenvalue weighted by molar-refractivity contribution is 5.16. The Morgan fingerprint density at radius 1 is 1.21 bits per heavy atom. The molecule has 1 rings (SSSR count). The summed E-state index contributed by atoms with van der Waals surface area (Å²) in [5, 5.41) is 3.32. The third kappa shape index (κ3) is 6.20. The minimum Gasteiger partial charge on any atom is -0.468 e. The second-order valence-corrected chi connectivity index (χ2v) is 4.41. The molecule has 110 valence electrons. The summed E-state index contributed by atoms with van der Waals surface area (Å²) < 4.78 is 15.9. The van der Waals surface area contributed by atoms with Gasteiger partial charge in [-0.3, -0.25) is 4.90 Å². The van der Waals surface area contributed by atoms with Gasteiger partial charge in [-0.1, -0.05) is 6.92 Å². The maximum Gasteiger partial charge on any atom is 0.122 e. The van der Waals surface area contributed by atoms with Gasteiger partial charge in [-0.25, -0.2) is 0 Å². The Labute approximate surface area is 115 Å². The molecule has 5 nitrogen and oxygen atoms in total. The fourth-order valence-electron chi connectivity index (χ4n) is 1.84. The summed E-state index contributed by atoms with van der Waals surface area (Å²) in [6.07, 6.45) is 1.76. The molecule has 19 heavy (non-hydrogen) atoms. The molecule has 1 heterocycles. The van der Waals surface area contributed by atoms with Gasteiger partial charge < -0.3 is 19.2 Å². The molecule has 0 aliphatic heterocycles. The zero-order chi connectivity index (χ0) is 13.9. The lowest BCUT2D eigenvalue weighted by Gasteiger charge is -2.21. The van der Waals surface area contributed by atoms with E-state index in [0.717, 1.165) is 38.5 Å². The molecule has 0 unspecified atom stereocenters. The molecule has 0 saturated carbocycles. The van der Waals surface area contributed by atoms with E-state index >= 15 is 0 Å². The Balaban J connectivity index is 2.53. The lowest BCUT2D eigenvalue weighted by molar-refractivity contribution is 0.106. The number of nitrogens with one attached hydrogen (secondary N) is 1. The van der Waals surface area contributed by atoms with Gasteiger partial charge in [0.25, 0.3) is 0 Å². The number of ether oxygens (including phenoxy) is 2. The predicted octanol–water partition coefficient (Wildman–Crippen LogP) is 1.48. The molecular weight excluding hydrogens is 244 g/mol. The molecule has 0 aromatic carbocycles. The average Bonchev–Trinajstić information content (AvgIpc) is 2.86. The van der Waals surface area contributed by atoms with E-state index in [2.05, 4.69) is 17.1 Å². The first-order valence-electron chi connectivity index (χ1n) is 6.78. The molecule has 5 heteroatoms. The van der Waals surface area contributed by atoms with E-state index in [9.17, 15) is 0 Å². The Morgan fingerprint density at radius 3 is 2.47 bits per heavy atom. The van der Waals surface area contributed by atoms with Gasteiger partial charge in [0.15, 0.2) is 0 Å². The molecule has 0 fully saturated rings. The van der Waals surface area contributed by atoms with Gasteiger partial charge in [-0.2, -0.15) is 0 Å². The molecular formula is C14H26N2O3. The summed E-state index contributed by atoms with van der Waals surface area (Å²) in [5.74, 6) is 1.02. The largest absolute Gasteiger partial charge is 0.468 e. The van der Waals surface area contributed by atoms with Gasteiger partial charge >= 0.3 is 0 Å². The normalized spacial score (nSPS) is 11.4. The van der Waals surface area contributed by atoms with Crippen molar-refractivity contribution >= 4 is 0 Å². The second-order valence-electron chi connectivity index (χ2n) is 4.41. The predicted molar refractivity (Wildman–Crippen MR) is 75.1 cm³/mol. The number of furan rings is 1. The highest BCUT2D eigenvalue weighted by Crippen LogP contribution is 2.13. The summed E-state index contributed by atoms with van der Waals surface area (Å²) in [4.78, 5) is 2.28. The third-order valence-electron chi connectivity index (χ3n) is 2.99. The van der Waals surface area contributed by atoms with Crippen LogP contribution in [-0.2, 0) is 22.6 Å². The summed E-state index contributed by atoms with van der Waals surface area (Å²) >= 11 is 0. The Hall–Kier alpha value is -0.880. The lowest BCUT2D eigenvalue weighted by Crippen LogP contribution is -2.30. The van der Waals surface area contributed by atoms with Crippen molar-refractivity contribution in [3.63, 3.8) is 0 Å². The van der Waals surface area contributed by atoms with Crippen LogP contribution in [0, 0.1) is 0 Å². The van der Waals surface area contributed by atoms with Crippen LogP contribution in [0.1, 0.15) is 18.2 Å². The topological polar surface area (TPSA) is 46.9 Å². The van der Waals surface area contributed by atoms with Crippen molar-refractivity contribution in [1.29, 1.82) is 0 Å². The number of nitrogens with zero attached hydrogens (tertiary/aromatic N) is 1. The van der Waals surface area contributed by atoms with Crippen LogP contribution in [0.25, 0.3) is 0 Å². The van der Waals surface area contributed by atoms with Crippen molar-refractivity contribution in [2.75, 3.05) is 47.1 Å². The van der Waals surface area contributed by atoms with E-state index in [1.165, 1.54) is 5.56 Å². The third-order valence-corrected chi connectivity index (χ3v) is 2.99. The first-order chi connectivity index (χ1) is 9.31. The van der Waals surface area contributed by atoms with Crippen molar-refractivity contribution in [2.45, 2.75) is 20.0 Å². The number of methoxy groups -OCH3 is 2. The Kier molecular flexibility index (Phi) is 8.49. The van der Waals surface area contributed by atoms with Crippen LogP contribution in [-0.4, -0.2) is 52.0 Å². The highest BCUT2D eigenvalue weighted by atomic mass is 16.5. The van der Waals surface area contributed by atoms with Crippen LogP contribution in [0.3, 0.4) is 0 Å². The summed E-state index contributed by atoms with van der Waals surface area (Å²) in [6.45, 7) is 7.89. The summed E-state index contributed by atoms with van der Waals surface area (Å²) in [5.41, 5.74) is 1.22. The zero-order valence-corrected chi connectivity index (χ0v) is 12.3. The van der Waals surface area contributed by atoms with Crippen molar-refractivity contribution in [1.82, 2.24) is 10.2 Å². The summed E-state index contributed by atoms with van der Waals surface area (Å²) in [6, 6.07) is 2.03. The molecule has 1 aromatic rings. The molecule has 0 radical (unpaired) electrons. The number of hydrogen-bond donors (Lipinski definition) is 1. The molecule has 0 amide bonds. The quantitative estimate of drug-likeness (QED) is 0.660. The van der Waals surface area contributed by atoms with Gasteiger partial charge in [-0.15, -0.1) is 0 Å². The maximum absolute atomic E-state index is 5.59. The van der Waals surface area contributed by atoms with E-state index in [1.54, 1.807) is 20.5 Å². The fourth-order valence-corrected chi connectivity index (χ4v) is 1.84. The van der Waals surface area contributed by atoms with Crippen molar-refractivity contribution in [3.05, 3.63) is 23.7 Å². The second kappa shape index (κ2) is 9.97. The molecule has 1 N–H and O–H groups in total. The van der Waals surface area contributed by atoms with E-state index in [4.69, 9.17) is 13.9 Å². The van der Waals surface area contributed by atoms with Crippen LogP contribution >= 0.6 is 0 Å². The SMILES string of the molecule is CCNCc1ccoc1CN(CCOC)CCOC. The first-order valence-corrected chi connectivity index (χ1v) is 6.78. The van der Waals surface area contributed by atoms with Crippen LogP contribution < -0.4 is 5.32 Å². The minimum atomic E-state index is 0.715. The fraction of sp³-hybridized carbons (Fsp3) is 0.714. The first kappa shape index (κ1) is 16.2. The molecule has 0 bridgehead atoms. The van der Waals surface area contributed by atoms with E-state index < -0.39 is 0 Å². The zero-order valence-electron chi connectivity index (χ0n) is 12.3. The van der Waals surface area contributed by atoms with Gasteiger partial charge in [0.2, 0.25) is 0 Å². The van der Waals surface area contributed by atoms with Gasteiger partial charge in [0, 0.05) is 39.4 Å². The van der Waals surface area contributed by atoms with Crippen LogP contribution in [0.2, 0.25) is 0 Å². The van der Waals surface area contributed by atoms with Gasteiger partial charge in [0.1, 0.15) is 5.76 Å². The van der Waals surface area contributed by atoms with Crippen LogP contribution in [0.5, 0.6) is 0 Å². The molecule has 0 atom stereocenters. The average molecular weight is 270 g/mol.